The Morgan fingerprint density at radius 3 is 2.14 bits per heavy atom. The Balaban J connectivity index is 3.48. The van der Waals surface area contributed by atoms with E-state index in [0.29, 0.717) is 17.0 Å². The molecule has 112 valence electrons. The third-order valence-electron chi connectivity index (χ3n) is 2.28. The van der Waals surface area contributed by atoms with Crippen molar-refractivity contribution in [2.45, 2.75) is 6.42 Å². The molecule has 0 spiro atoms. The van der Waals surface area contributed by atoms with E-state index >= 15 is 0 Å². The SMILES string of the molecule is NC(=O)c1c(I)c(C=O)c(I)c(NC(=O)CC(=O)Cl)c1I. The molecule has 21 heavy (non-hydrogen) atoms. The van der Waals surface area contributed by atoms with E-state index < -0.39 is 23.5 Å². The van der Waals surface area contributed by atoms with Crippen LogP contribution >= 0.6 is 79.4 Å². The van der Waals surface area contributed by atoms with Crippen LogP contribution in [0.15, 0.2) is 0 Å². The van der Waals surface area contributed by atoms with E-state index in [2.05, 4.69) is 5.32 Å². The number of rotatable bonds is 5. The van der Waals surface area contributed by atoms with Crippen LogP contribution in [0.1, 0.15) is 27.1 Å². The highest BCUT2D eigenvalue weighted by molar-refractivity contribution is 14.1. The Hall–Kier alpha value is -0.0200. The quantitative estimate of drug-likeness (QED) is 0.222. The molecule has 0 saturated carbocycles. The van der Waals surface area contributed by atoms with Crippen LogP contribution in [0.5, 0.6) is 0 Å². The van der Waals surface area contributed by atoms with Crippen LogP contribution in [-0.2, 0) is 9.59 Å². The molecule has 1 rings (SSSR count). The van der Waals surface area contributed by atoms with Crippen LogP contribution in [0, 0.1) is 10.7 Å². The van der Waals surface area contributed by atoms with Gasteiger partial charge < -0.3 is 11.1 Å². The van der Waals surface area contributed by atoms with Gasteiger partial charge in [0.15, 0.2) is 6.29 Å². The minimum atomic E-state index is -0.811. The predicted octanol–water partition coefficient (Wildman–Crippen LogP) is 2.51. The molecule has 0 aliphatic rings. The molecule has 0 unspecified atom stereocenters. The number of hydrogen-bond acceptors (Lipinski definition) is 4. The molecule has 1 aromatic carbocycles. The number of aldehydes is 1. The van der Waals surface area contributed by atoms with Crippen LogP contribution in [0.4, 0.5) is 5.69 Å². The highest BCUT2D eigenvalue weighted by Gasteiger charge is 2.24. The molecule has 2 amide bonds. The Morgan fingerprint density at radius 1 is 1.14 bits per heavy atom. The van der Waals surface area contributed by atoms with E-state index in [1.807, 2.05) is 67.8 Å². The van der Waals surface area contributed by atoms with Crippen molar-refractivity contribution in [3.05, 3.63) is 21.8 Å². The van der Waals surface area contributed by atoms with E-state index in [4.69, 9.17) is 17.3 Å². The third-order valence-corrected chi connectivity index (χ3v) is 5.73. The number of halogens is 4. The van der Waals surface area contributed by atoms with Crippen LogP contribution < -0.4 is 11.1 Å². The lowest BCUT2D eigenvalue weighted by molar-refractivity contribution is -0.121. The molecule has 0 heterocycles. The first-order chi connectivity index (χ1) is 9.70. The minimum Gasteiger partial charge on any atom is -0.366 e. The summed E-state index contributed by atoms with van der Waals surface area (Å²) in [6.45, 7) is 0. The second-order valence-corrected chi connectivity index (χ2v) is 7.33. The van der Waals surface area contributed by atoms with Crippen molar-refractivity contribution in [2.24, 2.45) is 5.73 Å². The predicted molar refractivity (Wildman–Crippen MR) is 103 cm³/mol. The van der Waals surface area contributed by atoms with Gasteiger partial charge in [0.25, 0.3) is 5.91 Å². The summed E-state index contributed by atoms with van der Waals surface area (Å²) < 4.78 is 1.27. The number of carbonyl (C=O) groups is 4. The summed E-state index contributed by atoms with van der Waals surface area (Å²) in [5.41, 5.74) is 5.97. The van der Waals surface area contributed by atoms with Gasteiger partial charge in [-0.15, -0.1) is 0 Å². The Labute approximate surface area is 165 Å². The first-order valence-electron chi connectivity index (χ1n) is 5.14. The van der Waals surface area contributed by atoms with Crippen molar-refractivity contribution >= 4 is 108 Å². The molecular weight excluding hydrogens is 640 g/mol. The summed E-state index contributed by atoms with van der Waals surface area (Å²) in [5.74, 6) is -1.36. The number of benzene rings is 1. The summed E-state index contributed by atoms with van der Waals surface area (Å²) in [6.07, 6.45) is 0.0659. The average Bonchev–Trinajstić information content (AvgIpc) is 2.33. The van der Waals surface area contributed by atoms with E-state index in [0.717, 1.165) is 0 Å². The fourth-order valence-electron chi connectivity index (χ4n) is 1.42. The van der Waals surface area contributed by atoms with E-state index in [1.165, 1.54) is 0 Å². The molecule has 0 fully saturated rings. The Bertz CT molecular complexity index is 664. The standard InChI is InChI=1S/C11H6ClI3N2O4/c12-4(19)1-5(20)17-10-8(14)3(2-18)7(13)6(9(10)15)11(16)21/h2H,1H2,(H2,16,21)(H,17,20). The van der Waals surface area contributed by atoms with Gasteiger partial charge in [-0.25, -0.2) is 0 Å². The lowest BCUT2D eigenvalue weighted by Crippen LogP contribution is -2.21. The van der Waals surface area contributed by atoms with Crippen molar-refractivity contribution in [1.82, 2.24) is 0 Å². The molecule has 0 aliphatic carbocycles. The van der Waals surface area contributed by atoms with Crippen LogP contribution in [0.25, 0.3) is 0 Å². The van der Waals surface area contributed by atoms with Gasteiger partial charge in [0.05, 0.1) is 14.8 Å². The average molecular weight is 646 g/mol. The zero-order chi connectivity index (χ0) is 16.3. The largest absolute Gasteiger partial charge is 0.366 e. The fourth-order valence-corrected chi connectivity index (χ4v) is 5.77. The first kappa shape index (κ1) is 19.0. The second-order valence-electron chi connectivity index (χ2n) is 3.67. The molecule has 0 bridgehead atoms. The summed E-state index contributed by atoms with van der Waals surface area (Å²) in [6, 6.07) is 0. The number of nitrogens with one attached hydrogen (secondary N) is 1. The maximum absolute atomic E-state index is 11.7. The maximum atomic E-state index is 11.7. The molecule has 6 nitrogen and oxygen atoms in total. The molecule has 0 saturated heterocycles. The van der Waals surface area contributed by atoms with Crippen molar-refractivity contribution in [2.75, 3.05) is 5.32 Å². The number of amides is 2. The molecule has 0 aromatic heterocycles. The monoisotopic (exact) mass is 646 g/mol. The second kappa shape index (κ2) is 8.01. The van der Waals surface area contributed by atoms with E-state index in [-0.39, 0.29) is 16.8 Å². The Morgan fingerprint density at radius 2 is 1.71 bits per heavy atom. The fraction of sp³-hybridized carbons (Fsp3) is 0.0909. The molecule has 10 heteroatoms. The van der Waals surface area contributed by atoms with E-state index in [9.17, 15) is 19.2 Å². The highest BCUT2D eigenvalue weighted by Crippen LogP contribution is 2.34. The summed E-state index contributed by atoms with van der Waals surface area (Å²) in [7, 11) is 0. The smallest absolute Gasteiger partial charge is 0.250 e. The summed E-state index contributed by atoms with van der Waals surface area (Å²) >= 11 is 10.7. The van der Waals surface area contributed by atoms with Crippen molar-refractivity contribution in [3.63, 3.8) is 0 Å². The summed E-state index contributed by atoms with van der Waals surface area (Å²) in [4.78, 5) is 45.1. The van der Waals surface area contributed by atoms with E-state index in [1.54, 1.807) is 0 Å². The van der Waals surface area contributed by atoms with Gasteiger partial charge in [0.1, 0.15) is 6.42 Å². The molecule has 3 N–H and O–H groups in total. The van der Waals surface area contributed by atoms with Gasteiger partial charge in [-0.1, -0.05) is 0 Å². The zero-order valence-corrected chi connectivity index (χ0v) is 17.2. The molecular formula is C11H6ClI3N2O4. The lowest BCUT2D eigenvalue weighted by atomic mass is 10.1. The third kappa shape index (κ3) is 4.48. The number of nitrogens with two attached hydrogens (primary N) is 1. The van der Waals surface area contributed by atoms with Gasteiger partial charge in [-0.05, 0) is 79.4 Å². The molecule has 1 aromatic rings. The van der Waals surface area contributed by atoms with Gasteiger partial charge in [-0.2, -0.15) is 0 Å². The number of carbonyl (C=O) groups excluding carboxylic acids is 4. The van der Waals surface area contributed by atoms with Crippen LogP contribution in [-0.4, -0.2) is 23.3 Å². The first-order valence-corrected chi connectivity index (χ1v) is 8.75. The Kier molecular flexibility index (Phi) is 7.26. The lowest BCUT2D eigenvalue weighted by Gasteiger charge is -2.15. The van der Waals surface area contributed by atoms with Gasteiger partial charge in [0.2, 0.25) is 11.1 Å². The molecule has 0 aliphatic heterocycles. The molecule has 0 radical (unpaired) electrons. The number of anilines is 1. The number of primary amides is 1. The van der Waals surface area contributed by atoms with Gasteiger partial charge >= 0.3 is 0 Å². The topological polar surface area (TPSA) is 106 Å². The van der Waals surface area contributed by atoms with Crippen molar-refractivity contribution < 1.29 is 19.2 Å². The normalized spacial score (nSPS) is 10.1. The van der Waals surface area contributed by atoms with Crippen LogP contribution in [0.3, 0.4) is 0 Å². The van der Waals surface area contributed by atoms with Crippen LogP contribution in [0.2, 0.25) is 0 Å². The van der Waals surface area contributed by atoms with Gasteiger partial charge in [-0.3, -0.25) is 19.2 Å². The maximum Gasteiger partial charge on any atom is 0.250 e. The minimum absolute atomic E-state index is 0.145. The summed E-state index contributed by atoms with van der Waals surface area (Å²) in [5, 5.41) is 1.67. The highest BCUT2D eigenvalue weighted by atomic mass is 127. The number of hydrogen-bond donors (Lipinski definition) is 2. The van der Waals surface area contributed by atoms with Crippen molar-refractivity contribution in [1.29, 1.82) is 0 Å². The van der Waals surface area contributed by atoms with Crippen molar-refractivity contribution in [3.8, 4) is 0 Å². The van der Waals surface area contributed by atoms with Gasteiger partial charge in [0, 0.05) is 12.7 Å². The molecule has 0 atom stereocenters. The zero-order valence-electron chi connectivity index (χ0n) is 10.0.